The van der Waals surface area contributed by atoms with E-state index in [-0.39, 0.29) is 30.0 Å². The molecule has 1 aromatic carbocycles. The smallest absolute Gasteiger partial charge is 0.395 e. The molecule has 0 heterocycles. The number of carbonyl (C=O) groups excluding carboxylic acids is 1. The highest BCUT2D eigenvalue weighted by Crippen LogP contribution is 2.26. The Labute approximate surface area is 109 Å². The Bertz CT molecular complexity index is 432. The number of benzene rings is 1. The number of hydrogen-bond donors (Lipinski definition) is 1. The van der Waals surface area contributed by atoms with Gasteiger partial charge < -0.3 is 10.0 Å². The van der Waals surface area contributed by atoms with Crippen LogP contribution in [0.25, 0.3) is 0 Å². The van der Waals surface area contributed by atoms with Crippen LogP contribution >= 0.6 is 0 Å². The van der Waals surface area contributed by atoms with E-state index < -0.39 is 19.3 Å². The van der Waals surface area contributed by atoms with E-state index >= 15 is 0 Å². The van der Waals surface area contributed by atoms with Crippen molar-refractivity contribution in [3.8, 4) is 0 Å². The molecule has 0 aromatic heterocycles. The van der Waals surface area contributed by atoms with Gasteiger partial charge >= 0.3 is 6.18 Å². The van der Waals surface area contributed by atoms with Gasteiger partial charge in [-0.2, -0.15) is 13.2 Å². The number of hydrogen-bond acceptors (Lipinski definition) is 3. The Morgan fingerprint density at radius 3 is 2.47 bits per heavy atom. The Morgan fingerprint density at radius 1 is 1.32 bits per heavy atom. The lowest BCUT2D eigenvalue weighted by Crippen LogP contribution is -2.37. The highest BCUT2D eigenvalue weighted by Gasteiger charge is 2.31. The van der Waals surface area contributed by atoms with E-state index in [4.69, 9.17) is 5.11 Å². The highest BCUT2D eigenvalue weighted by molar-refractivity contribution is 6.01. The van der Waals surface area contributed by atoms with Crippen LogP contribution in [0.2, 0.25) is 0 Å². The number of halogens is 3. The predicted octanol–water partition coefficient (Wildman–Crippen LogP) is 2.64. The lowest BCUT2D eigenvalue weighted by atomic mass is 10.1. The average Bonchev–Trinajstić information content (AvgIpc) is 2.36. The summed E-state index contributed by atoms with van der Waals surface area (Å²) in [5.41, 5.74) is 0.462. The van der Waals surface area contributed by atoms with E-state index in [9.17, 15) is 18.0 Å². The third kappa shape index (κ3) is 4.55. The molecule has 0 bridgehead atoms. The molecular formula is C13H16F3NO2. The molecule has 0 saturated heterocycles. The molecule has 0 aliphatic heterocycles. The number of Topliss-reactive ketones (excluding diaryl/α,β-unsaturated/α-hetero) is 1. The van der Waals surface area contributed by atoms with Crippen molar-refractivity contribution in [2.24, 2.45) is 0 Å². The molecule has 106 valence electrons. The second kappa shape index (κ2) is 6.56. The van der Waals surface area contributed by atoms with Crippen molar-refractivity contribution in [1.82, 2.24) is 0 Å². The lowest BCUT2D eigenvalue weighted by Gasteiger charge is -2.27. The largest absolute Gasteiger partial charge is 0.405 e. The van der Waals surface area contributed by atoms with E-state index in [0.717, 1.165) is 4.90 Å². The first-order valence-corrected chi connectivity index (χ1v) is 5.93. The molecule has 1 rings (SSSR count). The molecule has 0 amide bonds. The van der Waals surface area contributed by atoms with Gasteiger partial charge in [0.1, 0.15) is 6.54 Å². The van der Waals surface area contributed by atoms with Crippen molar-refractivity contribution in [1.29, 1.82) is 0 Å². The van der Waals surface area contributed by atoms with Gasteiger partial charge in [-0.25, -0.2) is 0 Å². The fourth-order valence-corrected chi connectivity index (χ4v) is 1.80. The van der Waals surface area contributed by atoms with Crippen LogP contribution in [-0.2, 0) is 0 Å². The summed E-state index contributed by atoms with van der Waals surface area (Å²) in [7, 11) is 0. The monoisotopic (exact) mass is 275 g/mol. The van der Waals surface area contributed by atoms with Crippen molar-refractivity contribution >= 4 is 11.5 Å². The summed E-state index contributed by atoms with van der Waals surface area (Å²) in [6.45, 7) is -0.126. The number of alkyl halides is 3. The molecule has 0 saturated carbocycles. The van der Waals surface area contributed by atoms with Crippen molar-refractivity contribution in [2.45, 2.75) is 19.5 Å². The van der Waals surface area contributed by atoms with Gasteiger partial charge in [0.2, 0.25) is 0 Å². The molecule has 0 aliphatic rings. The first-order valence-electron chi connectivity index (χ1n) is 5.93. The van der Waals surface area contributed by atoms with Gasteiger partial charge in [-0.15, -0.1) is 0 Å². The molecule has 0 atom stereocenters. The van der Waals surface area contributed by atoms with Crippen LogP contribution in [0.15, 0.2) is 24.3 Å². The maximum absolute atomic E-state index is 12.5. The number of anilines is 1. The van der Waals surface area contributed by atoms with Gasteiger partial charge in [0.15, 0.2) is 5.78 Å². The van der Waals surface area contributed by atoms with Crippen molar-refractivity contribution in [2.75, 3.05) is 24.6 Å². The number of ketones is 1. The van der Waals surface area contributed by atoms with Crippen LogP contribution in [-0.4, -0.2) is 36.8 Å². The summed E-state index contributed by atoms with van der Waals surface area (Å²) >= 11 is 0. The first kappa shape index (κ1) is 15.5. The van der Waals surface area contributed by atoms with Crippen LogP contribution in [0.1, 0.15) is 23.7 Å². The molecule has 0 aliphatic carbocycles. The molecule has 6 heteroatoms. The van der Waals surface area contributed by atoms with Crippen LogP contribution < -0.4 is 4.90 Å². The molecular weight excluding hydrogens is 259 g/mol. The summed E-state index contributed by atoms with van der Waals surface area (Å²) in [5, 5.41) is 8.89. The predicted molar refractivity (Wildman–Crippen MR) is 66.4 cm³/mol. The van der Waals surface area contributed by atoms with E-state index in [1.165, 1.54) is 12.1 Å². The molecule has 1 N–H and O–H groups in total. The zero-order valence-corrected chi connectivity index (χ0v) is 10.6. The standard InChI is InChI=1S/C13H16F3NO2/c1-2-12(19)10-5-3-4-6-11(10)17(7-8-18)9-13(14,15)16/h3-6,18H,2,7-9H2,1H3. The van der Waals surface area contributed by atoms with Gasteiger partial charge in [-0.3, -0.25) is 4.79 Å². The Kier molecular flexibility index (Phi) is 5.35. The number of nitrogens with zero attached hydrogens (tertiary/aromatic N) is 1. The van der Waals surface area contributed by atoms with Crippen LogP contribution in [0.4, 0.5) is 18.9 Å². The zero-order valence-electron chi connectivity index (χ0n) is 10.6. The Balaban J connectivity index is 3.11. The second-order valence-corrected chi connectivity index (χ2v) is 4.05. The van der Waals surface area contributed by atoms with E-state index in [2.05, 4.69) is 0 Å². The summed E-state index contributed by atoms with van der Waals surface area (Å²) in [6, 6.07) is 6.14. The lowest BCUT2D eigenvalue weighted by molar-refractivity contribution is -0.119. The van der Waals surface area contributed by atoms with Gasteiger partial charge in [-0.05, 0) is 12.1 Å². The van der Waals surface area contributed by atoms with Gasteiger partial charge in [0.05, 0.1) is 6.61 Å². The average molecular weight is 275 g/mol. The number of aliphatic hydroxyl groups excluding tert-OH is 1. The highest BCUT2D eigenvalue weighted by atomic mass is 19.4. The molecule has 19 heavy (non-hydrogen) atoms. The molecule has 0 fully saturated rings. The third-order valence-electron chi connectivity index (χ3n) is 2.61. The quantitative estimate of drug-likeness (QED) is 0.811. The van der Waals surface area contributed by atoms with E-state index in [1.54, 1.807) is 19.1 Å². The minimum absolute atomic E-state index is 0.173. The second-order valence-electron chi connectivity index (χ2n) is 4.05. The Morgan fingerprint density at radius 2 is 1.95 bits per heavy atom. The summed E-state index contributed by atoms with van der Waals surface area (Å²) in [5.74, 6) is -0.222. The zero-order chi connectivity index (χ0) is 14.5. The molecule has 1 aromatic rings. The fraction of sp³-hybridized carbons (Fsp3) is 0.462. The van der Waals surface area contributed by atoms with Crippen LogP contribution in [0.5, 0.6) is 0 Å². The van der Waals surface area contributed by atoms with Crippen LogP contribution in [0.3, 0.4) is 0 Å². The van der Waals surface area contributed by atoms with Crippen LogP contribution in [0, 0.1) is 0 Å². The number of rotatable bonds is 6. The van der Waals surface area contributed by atoms with E-state index in [0.29, 0.717) is 0 Å². The van der Waals surface area contributed by atoms with E-state index in [1.807, 2.05) is 0 Å². The number of carbonyl (C=O) groups is 1. The third-order valence-corrected chi connectivity index (χ3v) is 2.61. The van der Waals surface area contributed by atoms with Gasteiger partial charge in [0, 0.05) is 24.2 Å². The summed E-state index contributed by atoms with van der Waals surface area (Å²) in [4.78, 5) is 12.7. The van der Waals surface area contributed by atoms with Crippen molar-refractivity contribution in [3.63, 3.8) is 0 Å². The number of aliphatic hydroxyl groups is 1. The normalized spacial score (nSPS) is 11.4. The van der Waals surface area contributed by atoms with Gasteiger partial charge in [-0.1, -0.05) is 19.1 Å². The molecule has 0 unspecified atom stereocenters. The summed E-state index contributed by atoms with van der Waals surface area (Å²) in [6.07, 6.45) is -4.17. The summed E-state index contributed by atoms with van der Waals surface area (Å²) < 4.78 is 37.6. The molecule has 0 spiro atoms. The van der Waals surface area contributed by atoms with Crippen molar-refractivity contribution in [3.05, 3.63) is 29.8 Å². The topological polar surface area (TPSA) is 40.5 Å². The molecule has 0 radical (unpaired) electrons. The number of para-hydroxylation sites is 1. The SMILES string of the molecule is CCC(=O)c1ccccc1N(CCO)CC(F)(F)F. The minimum Gasteiger partial charge on any atom is -0.395 e. The Hall–Kier alpha value is -1.56. The van der Waals surface area contributed by atoms with Gasteiger partial charge in [0.25, 0.3) is 0 Å². The molecule has 3 nitrogen and oxygen atoms in total. The van der Waals surface area contributed by atoms with Crippen molar-refractivity contribution < 1.29 is 23.1 Å². The minimum atomic E-state index is -4.39. The maximum atomic E-state index is 12.5. The maximum Gasteiger partial charge on any atom is 0.405 e. The fourth-order valence-electron chi connectivity index (χ4n) is 1.80. The first-order chi connectivity index (χ1) is 8.89.